The lowest BCUT2D eigenvalue weighted by Crippen LogP contribution is -2.33. The molecule has 160 valence electrons. The van der Waals surface area contributed by atoms with Gasteiger partial charge in [0.15, 0.2) is 17.3 Å². The summed E-state index contributed by atoms with van der Waals surface area (Å²) >= 11 is 6.25. The van der Waals surface area contributed by atoms with Crippen LogP contribution in [0.15, 0.2) is 36.4 Å². The molecule has 0 radical (unpaired) electrons. The summed E-state index contributed by atoms with van der Waals surface area (Å²) in [7, 11) is 3.32. The first-order valence-corrected chi connectivity index (χ1v) is 10.5. The standard InChI is InChI=1S/C23H24ClN5O2/c1-25-16-7-8-18-19(12-16)22(26-13-15-6-9-21(31-3)20(24)11-15)27-28-23(18)29-10-4-5-17(29)14-30-2/h6-9,11-12,17H,4-5,10,13-14H2,2-3H3,(H,26,27). The number of aromatic nitrogens is 2. The zero-order valence-electron chi connectivity index (χ0n) is 17.6. The van der Waals surface area contributed by atoms with Gasteiger partial charge in [0.25, 0.3) is 0 Å². The van der Waals surface area contributed by atoms with Gasteiger partial charge in [0.05, 0.1) is 31.4 Å². The van der Waals surface area contributed by atoms with Crippen LogP contribution in [0.1, 0.15) is 18.4 Å². The molecule has 2 aromatic carbocycles. The number of hydrogen-bond donors (Lipinski definition) is 1. The average molecular weight is 438 g/mol. The van der Waals surface area contributed by atoms with Crippen molar-refractivity contribution in [1.82, 2.24) is 10.2 Å². The molecule has 31 heavy (non-hydrogen) atoms. The van der Waals surface area contributed by atoms with Crippen LogP contribution in [0, 0.1) is 6.57 Å². The van der Waals surface area contributed by atoms with Crippen LogP contribution in [-0.4, -0.2) is 43.6 Å². The molecule has 4 rings (SSSR count). The molecule has 3 aromatic rings. The quantitative estimate of drug-likeness (QED) is 0.520. The van der Waals surface area contributed by atoms with Crippen molar-refractivity contribution in [2.75, 3.05) is 37.6 Å². The van der Waals surface area contributed by atoms with E-state index in [0.29, 0.717) is 35.4 Å². The molecule has 0 saturated carbocycles. The number of methoxy groups -OCH3 is 2. The Morgan fingerprint density at radius 3 is 2.81 bits per heavy atom. The second-order valence-electron chi connectivity index (χ2n) is 7.48. The van der Waals surface area contributed by atoms with E-state index < -0.39 is 0 Å². The number of benzene rings is 2. The van der Waals surface area contributed by atoms with Crippen molar-refractivity contribution >= 4 is 39.7 Å². The Kier molecular flexibility index (Phi) is 6.40. The van der Waals surface area contributed by atoms with Gasteiger partial charge in [-0.2, -0.15) is 0 Å². The van der Waals surface area contributed by atoms with E-state index in [1.54, 1.807) is 14.2 Å². The Balaban J connectivity index is 1.68. The number of anilines is 2. The molecule has 2 heterocycles. The zero-order chi connectivity index (χ0) is 21.8. The molecule has 1 aromatic heterocycles. The third-order valence-electron chi connectivity index (χ3n) is 5.56. The number of rotatable bonds is 7. The maximum atomic E-state index is 7.41. The van der Waals surface area contributed by atoms with Gasteiger partial charge >= 0.3 is 0 Å². The van der Waals surface area contributed by atoms with Gasteiger partial charge in [-0.25, -0.2) is 4.85 Å². The summed E-state index contributed by atoms with van der Waals surface area (Å²) in [5, 5.41) is 14.8. The zero-order valence-corrected chi connectivity index (χ0v) is 18.3. The number of halogens is 1. The first-order chi connectivity index (χ1) is 15.1. The van der Waals surface area contributed by atoms with Gasteiger partial charge in [-0.3, -0.25) is 0 Å². The molecular formula is C23H24ClN5O2. The minimum Gasteiger partial charge on any atom is -0.495 e. The first-order valence-electron chi connectivity index (χ1n) is 10.1. The van der Waals surface area contributed by atoms with Crippen molar-refractivity contribution in [3.05, 3.63) is 58.4 Å². The monoisotopic (exact) mass is 437 g/mol. The minimum atomic E-state index is 0.281. The minimum absolute atomic E-state index is 0.281. The molecule has 0 amide bonds. The smallest absolute Gasteiger partial charge is 0.188 e. The van der Waals surface area contributed by atoms with Crippen LogP contribution in [0.4, 0.5) is 17.3 Å². The SMILES string of the molecule is [C-]#[N+]c1ccc2c(N3CCCC3COC)nnc(NCc3ccc(OC)c(Cl)c3)c2c1. The van der Waals surface area contributed by atoms with E-state index in [0.717, 1.165) is 41.5 Å². The molecular weight excluding hydrogens is 414 g/mol. The highest BCUT2D eigenvalue weighted by Gasteiger charge is 2.27. The van der Waals surface area contributed by atoms with Gasteiger partial charge in [0.1, 0.15) is 5.75 Å². The van der Waals surface area contributed by atoms with Crippen molar-refractivity contribution in [1.29, 1.82) is 0 Å². The molecule has 1 aliphatic heterocycles. The second-order valence-corrected chi connectivity index (χ2v) is 7.89. The average Bonchev–Trinajstić information content (AvgIpc) is 3.25. The van der Waals surface area contributed by atoms with Crippen LogP contribution >= 0.6 is 11.6 Å². The van der Waals surface area contributed by atoms with E-state index in [1.807, 2.05) is 36.4 Å². The number of fused-ring (bicyclic) bond motifs is 1. The highest BCUT2D eigenvalue weighted by atomic mass is 35.5. The van der Waals surface area contributed by atoms with Crippen LogP contribution in [0.25, 0.3) is 15.6 Å². The molecule has 1 N–H and O–H groups in total. The fourth-order valence-electron chi connectivity index (χ4n) is 4.03. The van der Waals surface area contributed by atoms with E-state index in [2.05, 4.69) is 25.3 Å². The number of ether oxygens (including phenoxy) is 2. The van der Waals surface area contributed by atoms with Crippen LogP contribution in [-0.2, 0) is 11.3 Å². The molecule has 0 spiro atoms. The summed E-state index contributed by atoms with van der Waals surface area (Å²) in [6.45, 7) is 9.50. The van der Waals surface area contributed by atoms with Crippen molar-refractivity contribution in [3.8, 4) is 5.75 Å². The predicted molar refractivity (Wildman–Crippen MR) is 123 cm³/mol. The topological polar surface area (TPSA) is 63.9 Å². The highest BCUT2D eigenvalue weighted by molar-refractivity contribution is 6.32. The molecule has 7 nitrogen and oxygen atoms in total. The van der Waals surface area contributed by atoms with Crippen molar-refractivity contribution in [2.24, 2.45) is 0 Å². The summed E-state index contributed by atoms with van der Waals surface area (Å²) in [5.41, 5.74) is 1.56. The van der Waals surface area contributed by atoms with E-state index in [4.69, 9.17) is 27.6 Å². The Hall–Kier alpha value is -3.08. The largest absolute Gasteiger partial charge is 0.495 e. The third-order valence-corrected chi connectivity index (χ3v) is 5.85. The summed E-state index contributed by atoms with van der Waals surface area (Å²) in [6, 6.07) is 11.6. The van der Waals surface area contributed by atoms with Crippen LogP contribution < -0.4 is 15.0 Å². The van der Waals surface area contributed by atoms with Gasteiger partial charge in [-0.1, -0.05) is 29.8 Å². The number of hydrogen-bond acceptors (Lipinski definition) is 6. The Labute approximate surface area is 186 Å². The maximum absolute atomic E-state index is 7.41. The first kappa shape index (κ1) is 21.2. The van der Waals surface area contributed by atoms with Crippen molar-refractivity contribution < 1.29 is 9.47 Å². The lowest BCUT2D eigenvalue weighted by molar-refractivity contribution is 0.180. The fraction of sp³-hybridized carbons (Fsp3) is 0.348. The summed E-state index contributed by atoms with van der Waals surface area (Å²) in [4.78, 5) is 5.86. The van der Waals surface area contributed by atoms with Crippen molar-refractivity contribution in [3.63, 3.8) is 0 Å². The predicted octanol–water partition coefficient (Wildman–Crippen LogP) is 5.07. The molecule has 1 saturated heterocycles. The Bertz CT molecular complexity index is 1130. The van der Waals surface area contributed by atoms with Crippen molar-refractivity contribution in [2.45, 2.75) is 25.4 Å². The third kappa shape index (κ3) is 4.36. The maximum Gasteiger partial charge on any atom is 0.188 e. The van der Waals surface area contributed by atoms with Gasteiger partial charge in [-0.15, -0.1) is 10.2 Å². The highest BCUT2D eigenvalue weighted by Crippen LogP contribution is 2.35. The molecule has 0 bridgehead atoms. The fourth-order valence-corrected chi connectivity index (χ4v) is 4.31. The molecule has 1 fully saturated rings. The lowest BCUT2D eigenvalue weighted by atomic mass is 10.1. The van der Waals surface area contributed by atoms with Crippen LogP contribution in [0.3, 0.4) is 0 Å². The molecule has 8 heteroatoms. The van der Waals surface area contributed by atoms with E-state index in [9.17, 15) is 0 Å². The normalized spacial score (nSPS) is 15.8. The summed E-state index contributed by atoms with van der Waals surface area (Å²) < 4.78 is 10.6. The second kappa shape index (κ2) is 9.38. The molecule has 0 aliphatic carbocycles. The summed E-state index contributed by atoms with van der Waals surface area (Å²) in [6.07, 6.45) is 2.16. The number of nitrogens with zero attached hydrogens (tertiary/aromatic N) is 4. The van der Waals surface area contributed by atoms with E-state index >= 15 is 0 Å². The van der Waals surface area contributed by atoms with Gasteiger partial charge in [0.2, 0.25) is 0 Å². The Morgan fingerprint density at radius 1 is 1.19 bits per heavy atom. The Morgan fingerprint density at radius 2 is 2.06 bits per heavy atom. The lowest BCUT2D eigenvalue weighted by Gasteiger charge is -2.26. The van der Waals surface area contributed by atoms with Crippen LogP contribution in [0.5, 0.6) is 5.75 Å². The van der Waals surface area contributed by atoms with E-state index in [1.165, 1.54) is 0 Å². The van der Waals surface area contributed by atoms with E-state index in [-0.39, 0.29) is 6.04 Å². The van der Waals surface area contributed by atoms with Crippen LogP contribution in [0.2, 0.25) is 5.02 Å². The molecule has 1 unspecified atom stereocenters. The molecule has 1 aliphatic rings. The van der Waals surface area contributed by atoms with Gasteiger partial charge in [0, 0.05) is 31.0 Å². The number of nitrogens with one attached hydrogen (secondary N) is 1. The van der Waals surface area contributed by atoms with Gasteiger partial charge < -0.3 is 19.7 Å². The summed E-state index contributed by atoms with van der Waals surface area (Å²) in [5.74, 6) is 2.11. The van der Waals surface area contributed by atoms with Gasteiger partial charge in [-0.05, 0) is 36.6 Å². The molecule has 1 atom stereocenters.